The van der Waals surface area contributed by atoms with E-state index in [0.717, 1.165) is 52.9 Å². The Morgan fingerprint density at radius 1 is 1.14 bits per heavy atom. The number of nitrogens with zero attached hydrogens (tertiary/aromatic N) is 3. The van der Waals surface area contributed by atoms with Crippen LogP contribution in [0, 0.1) is 0 Å². The van der Waals surface area contributed by atoms with Crippen molar-refractivity contribution >= 4 is 22.7 Å². The largest absolute Gasteiger partial charge is 0.496 e. The average Bonchev–Trinajstić information content (AvgIpc) is 3.22. The van der Waals surface area contributed by atoms with Crippen LogP contribution in [0.3, 0.4) is 0 Å². The minimum Gasteiger partial charge on any atom is -0.496 e. The highest BCUT2D eigenvalue weighted by Gasteiger charge is 2.08. The molecule has 0 saturated heterocycles. The third-order valence-corrected chi connectivity index (χ3v) is 5.29. The minimum atomic E-state index is 0.770. The van der Waals surface area contributed by atoms with Crippen LogP contribution in [0.5, 0.6) is 5.75 Å². The first kappa shape index (κ1) is 20.0. The van der Waals surface area contributed by atoms with E-state index in [0.29, 0.717) is 0 Å². The van der Waals surface area contributed by atoms with Gasteiger partial charge in [0.05, 0.1) is 19.0 Å². The summed E-state index contributed by atoms with van der Waals surface area (Å²) in [7, 11) is 1.71. The summed E-state index contributed by atoms with van der Waals surface area (Å²) in [6.45, 7) is 7.21. The van der Waals surface area contributed by atoms with Crippen molar-refractivity contribution in [2.75, 3.05) is 25.6 Å². The second kappa shape index (κ2) is 10.0. The molecule has 1 aromatic heterocycles. The Bertz CT molecular complexity index is 904. The number of hydrogen-bond acceptors (Lipinski definition) is 6. The lowest BCUT2D eigenvalue weighted by Crippen LogP contribution is -2.22. The maximum absolute atomic E-state index is 5.51. The van der Waals surface area contributed by atoms with Gasteiger partial charge in [-0.1, -0.05) is 44.2 Å². The van der Waals surface area contributed by atoms with Gasteiger partial charge in [0.25, 0.3) is 0 Å². The van der Waals surface area contributed by atoms with Crippen LogP contribution in [0.1, 0.15) is 25.0 Å². The van der Waals surface area contributed by atoms with Gasteiger partial charge in [-0.15, -0.1) is 11.3 Å². The van der Waals surface area contributed by atoms with E-state index < -0.39 is 0 Å². The summed E-state index contributed by atoms with van der Waals surface area (Å²) in [5.74, 6) is 0.907. The van der Waals surface area contributed by atoms with Gasteiger partial charge in [0.2, 0.25) is 5.13 Å². The molecule has 6 heteroatoms. The van der Waals surface area contributed by atoms with Crippen molar-refractivity contribution in [1.29, 1.82) is 0 Å². The molecule has 0 fully saturated rings. The molecule has 0 radical (unpaired) electrons. The van der Waals surface area contributed by atoms with Gasteiger partial charge < -0.3 is 4.74 Å². The highest BCUT2D eigenvalue weighted by Crippen LogP contribution is 2.25. The molecule has 0 bridgehead atoms. The van der Waals surface area contributed by atoms with Crippen LogP contribution in [0.25, 0.3) is 11.3 Å². The summed E-state index contributed by atoms with van der Waals surface area (Å²) in [6, 6.07) is 16.3. The molecule has 0 unspecified atom stereocenters. The van der Waals surface area contributed by atoms with Gasteiger partial charge in [0.1, 0.15) is 5.75 Å². The van der Waals surface area contributed by atoms with Crippen molar-refractivity contribution in [2.24, 2.45) is 5.10 Å². The first-order valence-electron chi connectivity index (χ1n) is 9.42. The number of benzene rings is 2. The summed E-state index contributed by atoms with van der Waals surface area (Å²) in [5, 5.41) is 7.15. The van der Waals surface area contributed by atoms with E-state index in [1.54, 1.807) is 18.4 Å². The Hall–Kier alpha value is -2.70. The van der Waals surface area contributed by atoms with Crippen molar-refractivity contribution in [1.82, 2.24) is 9.88 Å². The highest BCUT2D eigenvalue weighted by atomic mass is 32.1. The van der Waals surface area contributed by atoms with Gasteiger partial charge in [0.15, 0.2) is 0 Å². The predicted octanol–water partition coefficient (Wildman–Crippen LogP) is 5.11. The van der Waals surface area contributed by atoms with Gasteiger partial charge in [-0.2, -0.15) is 5.10 Å². The summed E-state index contributed by atoms with van der Waals surface area (Å²) in [4.78, 5) is 6.94. The van der Waals surface area contributed by atoms with E-state index in [4.69, 9.17) is 4.74 Å². The fourth-order valence-electron chi connectivity index (χ4n) is 2.92. The number of ether oxygens (including phenoxy) is 1. The quantitative estimate of drug-likeness (QED) is 0.405. The number of hydrazone groups is 1. The molecule has 146 valence electrons. The maximum atomic E-state index is 5.51. The molecule has 28 heavy (non-hydrogen) atoms. The molecule has 5 nitrogen and oxygen atoms in total. The fourth-order valence-corrected chi connectivity index (χ4v) is 3.59. The summed E-state index contributed by atoms with van der Waals surface area (Å²) in [6.07, 6.45) is 1.81. The smallest absolute Gasteiger partial charge is 0.203 e. The van der Waals surface area contributed by atoms with E-state index in [2.05, 4.69) is 52.5 Å². The van der Waals surface area contributed by atoms with Crippen molar-refractivity contribution in [3.63, 3.8) is 0 Å². The standard InChI is InChI=1S/C22H26N4OS/c1-4-26(5-2)15-19-13-17(11-12-21(19)27-3)14-23-25-22-24-20(16-28-22)18-9-7-6-8-10-18/h6-14,16H,4-5,15H2,1-3H3,(H,24,25). The lowest BCUT2D eigenvalue weighted by atomic mass is 10.1. The van der Waals surface area contributed by atoms with Crippen LogP contribution in [-0.4, -0.2) is 36.3 Å². The highest BCUT2D eigenvalue weighted by molar-refractivity contribution is 7.14. The van der Waals surface area contributed by atoms with Gasteiger partial charge in [0, 0.05) is 23.1 Å². The van der Waals surface area contributed by atoms with Gasteiger partial charge in [-0.3, -0.25) is 10.3 Å². The Labute approximate surface area is 170 Å². The molecule has 1 heterocycles. The number of hydrogen-bond donors (Lipinski definition) is 1. The van der Waals surface area contributed by atoms with E-state index in [1.807, 2.05) is 41.9 Å². The Morgan fingerprint density at radius 3 is 2.64 bits per heavy atom. The van der Waals surface area contributed by atoms with Gasteiger partial charge >= 0.3 is 0 Å². The fraction of sp³-hybridized carbons (Fsp3) is 0.273. The lowest BCUT2D eigenvalue weighted by molar-refractivity contribution is 0.289. The molecule has 0 aliphatic rings. The molecule has 1 N–H and O–H groups in total. The molecular weight excluding hydrogens is 368 g/mol. The van der Waals surface area contributed by atoms with Crippen LogP contribution < -0.4 is 10.2 Å². The average molecular weight is 395 g/mol. The number of thiazole rings is 1. The third kappa shape index (κ3) is 5.18. The monoisotopic (exact) mass is 394 g/mol. The topological polar surface area (TPSA) is 49.8 Å². The summed E-state index contributed by atoms with van der Waals surface area (Å²) < 4.78 is 5.51. The normalized spacial score (nSPS) is 11.3. The van der Waals surface area contributed by atoms with E-state index in [9.17, 15) is 0 Å². The van der Waals surface area contributed by atoms with Crippen LogP contribution in [0.2, 0.25) is 0 Å². The summed E-state index contributed by atoms with van der Waals surface area (Å²) >= 11 is 1.54. The van der Waals surface area contributed by atoms with Crippen LogP contribution in [0.4, 0.5) is 5.13 Å². The molecular formula is C22H26N4OS. The number of anilines is 1. The van der Waals surface area contributed by atoms with Crippen LogP contribution in [0.15, 0.2) is 59.0 Å². The predicted molar refractivity (Wildman–Crippen MR) is 118 cm³/mol. The molecule has 2 aromatic carbocycles. The minimum absolute atomic E-state index is 0.770. The van der Waals surface area contributed by atoms with Crippen LogP contribution >= 0.6 is 11.3 Å². The first-order chi connectivity index (χ1) is 13.7. The summed E-state index contributed by atoms with van der Waals surface area (Å²) in [5.41, 5.74) is 7.27. The van der Waals surface area contributed by atoms with Crippen molar-refractivity contribution in [2.45, 2.75) is 20.4 Å². The molecule has 0 amide bonds. The molecule has 3 rings (SSSR count). The third-order valence-electron chi connectivity index (χ3n) is 4.54. The maximum Gasteiger partial charge on any atom is 0.203 e. The molecule has 0 saturated carbocycles. The second-order valence-electron chi connectivity index (χ2n) is 6.31. The molecule has 0 atom stereocenters. The SMILES string of the molecule is CCN(CC)Cc1cc(C=NNc2nc(-c3ccccc3)cs2)ccc1OC. The number of aromatic nitrogens is 1. The molecule has 0 aliphatic carbocycles. The molecule has 3 aromatic rings. The van der Waals surface area contributed by atoms with E-state index in [1.165, 1.54) is 0 Å². The Morgan fingerprint density at radius 2 is 1.93 bits per heavy atom. The second-order valence-corrected chi connectivity index (χ2v) is 7.16. The van der Waals surface area contributed by atoms with E-state index in [-0.39, 0.29) is 0 Å². The lowest BCUT2D eigenvalue weighted by Gasteiger charge is -2.19. The Kier molecular flexibility index (Phi) is 7.17. The number of methoxy groups -OCH3 is 1. The zero-order valence-electron chi connectivity index (χ0n) is 16.6. The molecule has 0 aliphatic heterocycles. The van der Waals surface area contributed by atoms with Crippen molar-refractivity contribution < 1.29 is 4.74 Å². The van der Waals surface area contributed by atoms with Crippen molar-refractivity contribution in [3.05, 3.63) is 65.0 Å². The zero-order valence-corrected chi connectivity index (χ0v) is 17.4. The first-order valence-corrected chi connectivity index (χ1v) is 10.3. The van der Waals surface area contributed by atoms with Gasteiger partial charge in [-0.05, 0) is 36.9 Å². The number of nitrogens with one attached hydrogen (secondary N) is 1. The number of rotatable bonds is 9. The Balaban J connectivity index is 1.68. The zero-order chi connectivity index (χ0) is 19.8. The van der Waals surface area contributed by atoms with Crippen molar-refractivity contribution in [3.8, 4) is 17.0 Å². The van der Waals surface area contributed by atoms with E-state index >= 15 is 0 Å². The molecule has 0 spiro atoms. The van der Waals surface area contributed by atoms with Crippen LogP contribution in [-0.2, 0) is 6.54 Å². The van der Waals surface area contributed by atoms with Gasteiger partial charge in [-0.25, -0.2) is 4.98 Å².